The number of carbonyl (C=O) groups is 1. The Kier molecular flexibility index (Phi) is 2.88. The number of halogens is 1. The predicted octanol–water partition coefficient (Wildman–Crippen LogP) is 1.05. The van der Waals surface area contributed by atoms with Crippen LogP contribution in [0.2, 0.25) is 5.15 Å². The number of hydrogen-bond donors (Lipinski definition) is 1. The maximum Gasteiger partial charge on any atom is 0.227 e. The smallest absolute Gasteiger partial charge is 0.227 e. The second kappa shape index (κ2) is 4.16. The average molecular weight is 226 g/mol. The van der Waals surface area contributed by atoms with Crippen molar-refractivity contribution in [2.24, 2.45) is 11.7 Å². The average Bonchev–Trinajstić information content (AvgIpc) is 2.61. The van der Waals surface area contributed by atoms with Gasteiger partial charge in [0.2, 0.25) is 5.91 Å². The van der Waals surface area contributed by atoms with Crippen LogP contribution in [0.1, 0.15) is 6.42 Å². The zero-order chi connectivity index (χ0) is 10.8. The summed E-state index contributed by atoms with van der Waals surface area (Å²) >= 11 is 5.68. The molecule has 1 aliphatic heterocycles. The van der Waals surface area contributed by atoms with Crippen molar-refractivity contribution in [2.75, 3.05) is 18.0 Å². The van der Waals surface area contributed by atoms with Crippen LogP contribution >= 0.6 is 11.6 Å². The van der Waals surface area contributed by atoms with Crippen LogP contribution in [0, 0.1) is 5.92 Å². The third kappa shape index (κ3) is 2.11. The second-order valence-corrected chi connectivity index (χ2v) is 4.04. The van der Waals surface area contributed by atoms with Gasteiger partial charge in [0, 0.05) is 13.0 Å². The van der Waals surface area contributed by atoms with Crippen LogP contribution in [-0.2, 0) is 4.79 Å². The lowest BCUT2D eigenvalue weighted by Crippen LogP contribution is -2.25. The van der Waals surface area contributed by atoms with Crippen LogP contribution in [-0.4, -0.2) is 24.0 Å². The highest BCUT2D eigenvalue weighted by molar-refractivity contribution is 6.29. The highest BCUT2D eigenvalue weighted by Gasteiger charge is 2.29. The van der Waals surface area contributed by atoms with Gasteiger partial charge < -0.3 is 10.6 Å². The fourth-order valence-corrected chi connectivity index (χ4v) is 1.83. The molecule has 1 atom stereocenters. The van der Waals surface area contributed by atoms with Gasteiger partial charge in [0.05, 0.1) is 11.9 Å². The maximum atomic E-state index is 11.6. The van der Waals surface area contributed by atoms with E-state index in [4.69, 9.17) is 17.3 Å². The second-order valence-electron chi connectivity index (χ2n) is 3.65. The molecule has 4 nitrogen and oxygen atoms in total. The number of hydrogen-bond acceptors (Lipinski definition) is 3. The van der Waals surface area contributed by atoms with Crippen molar-refractivity contribution < 1.29 is 4.79 Å². The SMILES string of the molecule is NCC1CC(=O)N(c2ccc(Cl)nc2)C1. The van der Waals surface area contributed by atoms with Gasteiger partial charge in [-0.1, -0.05) is 11.6 Å². The summed E-state index contributed by atoms with van der Waals surface area (Å²) in [6.07, 6.45) is 2.14. The molecule has 0 radical (unpaired) electrons. The Balaban J connectivity index is 2.18. The fraction of sp³-hybridized carbons (Fsp3) is 0.400. The third-order valence-electron chi connectivity index (χ3n) is 2.56. The molecular weight excluding hydrogens is 214 g/mol. The van der Waals surface area contributed by atoms with Gasteiger partial charge in [0.1, 0.15) is 5.15 Å². The molecule has 2 rings (SSSR count). The van der Waals surface area contributed by atoms with Gasteiger partial charge in [-0.05, 0) is 24.6 Å². The molecule has 0 aromatic carbocycles. The minimum Gasteiger partial charge on any atom is -0.330 e. The van der Waals surface area contributed by atoms with Crippen molar-refractivity contribution in [1.82, 2.24) is 4.98 Å². The minimum absolute atomic E-state index is 0.106. The lowest BCUT2D eigenvalue weighted by Gasteiger charge is -2.15. The molecule has 0 bridgehead atoms. The van der Waals surface area contributed by atoms with Gasteiger partial charge in [0.25, 0.3) is 0 Å². The Hall–Kier alpha value is -1.13. The van der Waals surface area contributed by atoms with E-state index in [0.717, 1.165) is 5.69 Å². The molecule has 1 amide bonds. The first-order valence-corrected chi connectivity index (χ1v) is 5.20. The van der Waals surface area contributed by atoms with Crippen molar-refractivity contribution in [3.05, 3.63) is 23.5 Å². The van der Waals surface area contributed by atoms with Crippen LogP contribution < -0.4 is 10.6 Å². The quantitative estimate of drug-likeness (QED) is 0.766. The first kappa shape index (κ1) is 10.4. The molecule has 1 aromatic heterocycles. The molecule has 0 spiro atoms. The number of carbonyl (C=O) groups excluding carboxylic acids is 1. The van der Waals surface area contributed by atoms with E-state index in [1.54, 1.807) is 23.2 Å². The summed E-state index contributed by atoms with van der Waals surface area (Å²) in [7, 11) is 0. The summed E-state index contributed by atoms with van der Waals surface area (Å²) in [6.45, 7) is 1.22. The van der Waals surface area contributed by atoms with Crippen molar-refractivity contribution >= 4 is 23.2 Å². The topological polar surface area (TPSA) is 59.2 Å². The van der Waals surface area contributed by atoms with Crippen molar-refractivity contribution in [2.45, 2.75) is 6.42 Å². The van der Waals surface area contributed by atoms with E-state index < -0.39 is 0 Å². The zero-order valence-electron chi connectivity index (χ0n) is 8.19. The van der Waals surface area contributed by atoms with Crippen molar-refractivity contribution in [3.8, 4) is 0 Å². The summed E-state index contributed by atoms with van der Waals surface area (Å²) in [4.78, 5) is 17.3. The van der Waals surface area contributed by atoms with E-state index >= 15 is 0 Å². The molecule has 1 unspecified atom stereocenters. The third-order valence-corrected chi connectivity index (χ3v) is 2.79. The van der Waals surface area contributed by atoms with Gasteiger partial charge in [0.15, 0.2) is 0 Å². The molecule has 1 aliphatic rings. The molecule has 5 heteroatoms. The summed E-state index contributed by atoms with van der Waals surface area (Å²) in [5.74, 6) is 0.364. The number of nitrogens with two attached hydrogens (primary N) is 1. The van der Waals surface area contributed by atoms with E-state index in [-0.39, 0.29) is 11.8 Å². The largest absolute Gasteiger partial charge is 0.330 e. The Morgan fingerprint density at radius 3 is 2.93 bits per heavy atom. The first-order valence-electron chi connectivity index (χ1n) is 4.82. The van der Waals surface area contributed by atoms with Gasteiger partial charge in [-0.25, -0.2) is 4.98 Å². The standard InChI is InChI=1S/C10H12ClN3O/c11-9-2-1-8(5-13-9)14-6-7(4-12)3-10(14)15/h1-2,5,7H,3-4,6,12H2. The Morgan fingerprint density at radius 1 is 1.60 bits per heavy atom. The van der Waals surface area contributed by atoms with Crippen LogP contribution in [0.4, 0.5) is 5.69 Å². The molecule has 2 heterocycles. The highest BCUT2D eigenvalue weighted by atomic mass is 35.5. The van der Waals surface area contributed by atoms with E-state index in [2.05, 4.69) is 4.98 Å². The molecule has 0 aliphatic carbocycles. The fourth-order valence-electron chi connectivity index (χ4n) is 1.72. The van der Waals surface area contributed by atoms with Crippen molar-refractivity contribution in [3.63, 3.8) is 0 Å². The molecule has 1 aromatic rings. The highest BCUT2D eigenvalue weighted by Crippen LogP contribution is 2.24. The number of aromatic nitrogens is 1. The van der Waals surface area contributed by atoms with E-state index in [0.29, 0.717) is 24.7 Å². The number of amides is 1. The molecular formula is C10H12ClN3O. The summed E-state index contributed by atoms with van der Waals surface area (Å²) in [6, 6.07) is 3.48. The van der Waals surface area contributed by atoms with Gasteiger partial charge in [-0.3, -0.25) is 4.79 Å². The molecule has 80 valence electrons. The maximum absolute atomic E-state index is 11.6. The Labute approximate surface area is 93.0 Å². The number of nitrogens with zero attached hydrogens (tertiary/aromatic N) is 2. The first-order chi connectivity index (χ1) is 7.20. The van der Waals surface area contributed by atoms with Gasteiger partial charge >= 0.3 is 0 Å². The zero-order valence-corrected chi connectivity index (χ0v) is 8.94. The molecule has 2 N–H and O–H groups in total. The summed E-state index contributed by atoms with van der Waals surface area (Å²) in [5.41, 5.74) is 6.34. The molecule has 1 fully saturated rings. The molecule has 0 saturated carbocycles. The molecule has 1 saturated heterocycles. The van der Waals surface area contributed by atoms with E-state index in [9.17, 15) is 4.79 Å². The van der Waals surface area contributed by atoms with Crippen LogP contribution in [0.25, 0.3) is 0 Å². The summed E-state index contributed by atoms with van der Waals surface area (Å²) in [5, 5.41) is 0.431. The predicted molar refractivity (Wildman–Crippen MR) is 58.8 cm³/mol. The van der Waals surface area contributed by atoms with Crippen molar-refractivity contribution in [1.29, 1.82) is 0 Å². The summed E-state index contributed by atoms with van der Waals surface area (Å²) < 4.78 is 0. The van der Waals surface area contributed by atoms with Gasteiger partial charge in [-0.15, -0.1) is 0 Å². The number of pyridine rings is 1. The monoisotopic (exact) mass is 225 g/mol. The van der Waals surface area contributed by atoms with Crippen LogP contribution in [0.15, 0.2) is 18.3 Å². The van der Waals surface area contributed by atoms with Crippen LogP contribution in [0.3, 0.4) is 0 Å². The molecule has 15 heavy (non-hydrogen) atoms. The van der Waals surface area contributed by atoms with E-state index in [1.165, 1.54) is 0 Å². The van der Waals surface area contributed by atoms with Crippen LogP contribution in [0.5, 0.6) is 0 Å². The number of rotatable bonds is 2. The van der Waals surface area contributed by atoms with E-state index in [1.807, 2.05) is 0 Å². The lowest BCUT2D eigenvalue weighted by molar-refractivity contribution is -0.117. The minimum atomic E-state index is 0.106. The normalized spacial score (nSPS) is 21.1. The Bertz CT molecular complexity index is 365. The van der Waals surface area contributed by atoms with Gasteiger partial charge in [-0.2, -0.15) is 0 Å². The number of anilines is 1. The Morgan fingerprint density at radius 2 is 2.40 bits per heavy atom. The lowest BCUT2D eigenvalue weighted by atomic mass is 10.1.